The van der Waals surface area contributed by atoms with Gasteiger partial charge in [0.1, 0.15) is 5.69 Å². The molecule has 0 atom stereocenters. The van der Waals surface area contributed by atoms with Crippen LogP contribution in [0, 0.1) is 6.92 Å². The first kappa shape index (κ1) is 9.92. The Labute approximate surface area is 91.0 Å². The van der Waals surface area contributed by atoms with Crippen molar-refractivity contribution in [3.05, 3.63) is 40.4 Å². The highest BCUT2D eigenvalue weighted by atomic mass is 32.1. The van der Waals surface area contributed by atoms with Crippen LogP contribution in [0.3, 0.4) is 0 Å². The second-order valence-electron chi connectivity index (χ2n) is 3.05. The van der Waals surface area contributed by atoms with Crippen LogP contribution in [0.5, 0.6) is 0 Å². The maximum Gasteiger partial charge on any atom is 0.188 e. The molecule has 0 aliphatic heterocycles. The Bertz CT molecular complexity index is 467. The molecule has 0 fully saturated rings. The van der Waals surface area contributed by atoms with Crippen molar-refractivity contribution in [2.45, 2.75) is 13.3 Å². The fraction of sp³-hybridized carbons (Fsp3) is 0.200. The van der Waals surface area contributed by atoms with Gasteiger partial charge in [-0.1, -0.05) is 0 Å². The van der Waals surface area contributed by atoms with Crippen molar-refractivity contribution in [2.24, 2.45) is 0 Å². The average molecular weight is 219 g/mol. The SMILES string of the molecule is Cc1nc(CC(=O)c2cnccn2)cs1. The van der Waals surface area contributed by atoms with Gasteiger partial charge >= 0.3 is 0 Å². The normalized spacial score (nSPS) is 10.2. The van der Waals surface area contributed by atoms with E-state index in [1.54, 1.807) is 17.5 Å². The van der Waals surface area contributed by atoms with E-state index in [-0.39, 0.29) is 5.78 Å². The number of Topliss-reactive ketones (excluding diaryl/α,β-unsaturated/α-hetero) is 1. The lowest BCUT2D eigenvalue weighted by atomic mass is 10.2. The molecule has 0 saturated heterocycles. The van der Waals surface area contributed by atoms with Gasteiger partial charge in [-0.05, 0) is 6.92 Å². The summed E-state index contributed by atoms with van der Waals surface area (Å²) in [5.74, 6) is -0.0478. The highest BCUT2D eigenvalue weighted by Gasteiger charge is 2.10. The topological polar surface area (TPSA) is 55.7 Å². The Morgan fingerprint density at radius 1 is 1.47 bits per heavy atom. The predicted molar refractivity (Wildman–Crippen MR) is 56.9 cm³/mol. The Hall–Kier alpha value is -1.62. The number of nitrogens with zero attached hydrogens (tertiary/aromatic N) is 3. The van der Waals surface area contributed by atoms with Gasteiger partial charge in [0.25, 0.3) is 0 Å². The molecular formula is C10H9N3OS. The molecule has 5 heteroatoms. The quantitative estimate of drug-likeness (QED) is 0.737. The van der Waals surface area contributed by atoms with Crippen LogP contribution in [0.15, 0.2) is 24.0 Å². The van der Waals surface area contributed by atoms with Crippen LogP contribution in [0.1, 0.15) is 21.2 Å². The summed E-state index contributed by atoms with van der Waals surface area (Å²) in [6.45, 7) is 1.92. The molecule has 2 rings (SSSR count). The standard InChI is InChI=1S/C10H9N3OS/c1-7-13-8(6-15-7)4-10(14)9-5-11-2-3-12-9/h2-3,5-6H,4H2,1H3. The molecule has 2 aromatic rings. The molecule has 0 aliphatic carbocycles. The second kappa shape index (κ2) is 4.27. The molecule has 15 heavy (non-hydrogen) atoms. The first-order chi connectivity index (χ1) is 7.25. The molecule has 0 saturated carbocycles. The fourth-order valence-electron chi connectivity index (χ4n) is 1.19. The largest absolute Gasteiger partial charge is 0.292 e. The third-order valence-corrected chi connectivity index (χ3v) is 2.68. The molecule has 76 valence electrons. The summed E-state index contributed by atoms with van der Waals surface area (Å²) in [5, 5.41) is 2.86. The zero-order valence-electron chi connectivity index (χ0n) is 8.17. The summed E-state index contributed by atoms with van der Waals surface area (Å²) in [6, 6.07) is 0. The molecule has 0 radical (unpaired) electrons. The predicted octanol–water partition coefficient (Wildman–Crippen LogP) is 1.67. The first-order valence-electron chi connectivity index (χ1n) is 4.46. The molecule has 0 N–H and O–H groups in total. The first-order valence-corrected chi connectivity index (χ1v) is 5.34. The van der Waals surface area contributed by atoms with Crippen molar-refractivity contribution in [1.82, 2.24) is 15.0 Å². The van der Waals surface area contributed by atoms with Gasteiger partial charge in [0, 0.05) is 17.8 Å². The number of aromatic nitrogens is 3. The Kier molecular flexibility index (Phi) is 2.82. The van der Waals surface area contributed by atoms with E-state index in [9.17, 15) is 4.79 Å². The average Bonchev–Trinajstić information content (AvgIpc) is 2.65. The third-order valence-electron chi connectivity index (χ3n) is 1.86. The van der Waals surface area contributed by atoms with E-state index >= 15 is 0 Å². The maximum atomic E-state index is 11.7. The number of aryl methyl sites for hydroxylation is 1. The molecule has 4 nitrogen and oxygen atoms in total. The second-order valence-corrected chi connectivity index (χ2v) is 4.11. The van der Waals surface area contributed by atoms with Crippen LogP contribution >= 0.6 is 11.3 Å². The highest BCUT2D eigenvalue weighted by molar-refractivity contribution is 7.09. The molecule has 2 aromatic heterocycles. The molecule has 0 aliphatic rings. The number of ketones is 1. The molecule has 0 unspecified atom stereocenters. The number of carbonyl (C=O) groups excluding carboxylic acids is 1. The van der Waals surface area contributed by atoms with Gasteiger partial charge < -0.3 is 0 Å². The summed E-state index contributed by atoms with van der Waals surface area (Å²) in [6.07, 6.45) is 4.83. The minimum absolute atomic E-state index is 0.0478. The van der Waals surface area contributed by atoms with Crippen LogP contribution < -0.4 is 0 Å². The minimum atomic E-state index is -0.0478. The molecule has 2 heterocycles. The monoisotopic (exact) mass is 219 g/mol. The van der Waals surface area contributed by atoms with Gasteiger partial charge in [-0.25, -0.2) is 9.97 Å². The zero-order valence-corrected chi connectivity index (χ0v) is 8.99. The van der Waals surface area contributed by atoms with Crippen molar-refractivity contribution in [2.75, 3.05) is 0 Å². The van der Waals surface area contributed by atoms with Crippen molar-refractivity contribution in [1.29, 1.82) is 0 Å². The summed E-state index contributed by atoms with van der Waals surface area (Å²) in [5.41, 5.74) is 1.19. The van der Waals surface area contributed by atoms with Crippen molar-refractivity contribution < 1.29 is 4.79 Å². The lowest BCUT2D eigenvalue weighted by molar-refractivity contribution is 0.0987. The van der Waals surface area contributed by atoms with Crippen molar-refractivity contribution >= 4 is 17.1 Å². The van der Waals surface area contributed by atoms with Gasteiger partial charge in [0.15, 0.2) is 5.78 Å². The lowest BCUT2D eigenvalue weighted by Crippen LogP contribution is -2.06. The molecule has 0 spiro atoms. The Morgan fingerprint density at radius 2 is 2.33 bits per heavy atom. The van der Waals surface area contributed by atoms with Crippen LogP contribution in [0.25, 0.3) is 0 Å². The van der Waals surface area contributed by atoms with E-state index in [0.29, 0.717) is 12.1 Å². The van der Waals surface area contributed by atoms with E-state index in [1.807, 2.05) is 12.3 Å². The lowest BCUT2D eigenvalue weighted by Gasteiger charge is -1.95. The minimum Gasteiger partial charge on any atom is -0.292 e. The van der Waals surface area contributed by atoms with Gasteiger partial charge in [-0.15, -0.1) is 11.3 Å². The Balaban J connectivity index is 2.11. The molecule has 0 amide bonds. The van der Waals surface area contributed by atoms with Gasteiger partial charge in [-0.2, -0.15) is 0 Å². The summed E-state index contributed by atoms with van der Waals surface area (Å²) < 4.78 is 0. The highest BCUT2D eigenvalue weighted by Crippen LogP contribution is 2.10. The maximum absolute atomic E-state index is 11.7. The van der Waals surface area contributed by atoms with E-state index in [1.165, 1.54) is 12.4 Å². The third kappa shape index (κ3) is 2.44. The summed E-state index contributed by atoms with van der Waals surface area (Å²) in [4.78, 5) is 23.7. The van der Waals surface area contributed by atoms with Crippen LogP contribution in [-0.2, 0) is 6.42 Å². The van der Waals surface area contributed by atoms with Gasteiger partial charge in [0.05, 0.1) is 23.3 Å². The number of rotatable bonds is 3. The molecular weight excluding hydrogens is 210 g/mol. The van der Waals surface area contributed by atoms with Crippen LogP contribution in [0.4, 0.5) is 0 Å². The van der Waals surface area contributed by atoms with Crippen molar-refractivity contribution in [3.8, 4) is 0 Å². The molecule has 0 aromatic carbocycles. The number of hydrogen-bond donors (Lipinski definition) is 0. The van der Waals surface area contributed by atoms with E-state index in [2.05, 4.69) is 15.0 Å². The van der Waals surface area contributed by atoms with E-state index < -0.39 is 0 Å². The van der Waals surface area contributed by atoms with E-state index in [4.69, 9.17) is 0 Å². The van der Waals surface area contributed by atoms with Crippen LogP contribution in [-0.4, -0.2) is 20.7 Å². The van der Waals surface area contributed by atoms with E-state index in [0.717, 1.165) is 10.7 Å². The fourth-order valence-corrected chi connectivity index (χ4v) is 1.80. The smallest absolute Gasteiger partial charge is 0.188 e. The van der Waals surface area contributed by atoms with Crippen molar-refractivity contribution in [3.63, 3.8) is 0 Å². The van der Waals surface area contributed by atoms with Crippen LogP contribution in [0.2, 0.25) is 0 Å². The summed E-state index contributed by atoms with van der Waals surface area (Å²) >= 11 is 1.54. The van der Waals surface area contributed by atoms with Gasteiger partial charge in [-0.3, -0.25) is 9.78 Å². The van der Waals surface area contributed by atoms with Gasteiger partial charge in [0.2, 0.25) is 0 Å². The number of thiazole rings is 1. The molecule has 0 bridgehead atoms. The summed E-state index contributed by atoms with van der Waals surface area (Å²) in [7, 11) is 0. The number of carbonyl (C=O) groups is 1. The Morgan fingerprint density at radius 3 is 2.93 bits per heavy atom. The zero-order chi connectivity index (χ0) is 10.7. The number of hydrogen-bond acceptors (Lipinski definition) is 5.